The van der Waals surface area contributed by atoms with Gasteiger partial charge in [-0.15, -0.1) is 0 Å². The molecular weight excluding hydrogens is 138 g/mol. The minimum Gasteiger partial charge on any atom is -0.305 e. The van der Waals surface area contributed by atoms with Crippen molar-refractivity contribution in [3.63, 3.8) is 0 Å². The molecule has 1 heterocycles. The standard InChI is InChI=1S/C8H15N3/c1-10-4-2-5-11(6-3-9)8-7-10/h2,4-8H2,1H3. The number of hydrogen-bond donors (Lipinski definition) is 0. The van der Waals surface area contributed by atoms with Crippen LogP contribution in [0.25, 0.3) is 0 Å². The summed E-state index contributed by atoms with van der Waals surface area (Å²) >= 11 is 0. The smallest absolute Gasteiger partial charge is 0.0866 e. The Morgan fingerprint density at radius 1 is 1.27 bits per heavy atom. The van der Waals surface area contributed by atoms with Crippen molar-refractivity contribution in [2.75, 3.05) is 39.8 Å². The van der Waals surface area contributed by atoms with Gasteiger partial charge in [-0.1, -0.05) is 0 Å². The summed E-state index contributed by atoms with van der Waals surface area (Å²) in [4.78, 5) is 4.53. The van der Waals surface area contributed by atoms with Crippen LogP contribution in [-0.2, 0) is 0 Å². The molecule has 0 aromatic heterocycles. The van der Waals surface area contributed by atoms with E-state index < -0.39 is 0 Å². The Bertz CT molecular complexity index is 150. The van der Waals surface area contributed by atoms with Crippen molar-refractivity contribution in [3.05, 3.63) is 0 Å². The summed E-state index contributed by atoms with van der Waals surface area (Å²) in [6, 6.07) is 2.19. The van der Waals surface area contributed by atoms with E-state index in [0.717, 1.165) is 19.6 Å². The van der Waals surface area contributed by atoms with E-state index in [-0.39, 0.29) is 0 Å². The summed E-state index contributed by atoms with van der Waals surface area (Å²) in [5.74, 6) is 0. The largest absolute Gasteiger partial charge is 0.305 e. The molecule has 0 aromatic carbocycles. The molecular formula is C8H15N3. The highest BCUT2D eigenvalue weighted by molar-refractivity contribution is 4.78. The SMILES string of the molecule is CN1CCCN(CC#N)CC1. The molecule has 1 aliphatic heterocycles. The quantitative estimate of drug-likeness (QED) is 0.502. The molecule has 11 heavy (non-hydrogen) atoms. The Kier molecular flexibility index (Phi) is 3.34. The van der Waals surface area contributed by atoms with Crippen molar-refractivity contribution in [1.82, 2.24) is 9.80 Å². The third-order valence-electron chi connectivity index (χ3n) is 2.11. The Morgan fingerprint density at radius 3 is 2.82 bits per heavy atom. The van der Waals surface area contributed by atoms with E-state index in [9.17, 15) is 0 Å². The highest BCUT2D eigenvalue weighted by Gasteiger charge is 2.10. The molecule has 1 saturated heterocycles. The lowest BCUT2D eigenvalue weighted by atomic mass is 10.4. The van der Waals surface area contributed by atoms with Gasteiger partial charge in [-0.25, -0.2) is 0 Å². The van der Waals surface area contributed by atoms with Crippen LogP contribution in [0, 0.1) is 11.3 Å². The second-order valence-corrected chi connectivity index (χ2v) is 3.09. The van der Waals surface area contributed by atoms with Gasteiger partial charge in [0, 0.05) is 19.6 Å². The summed E-state index contributed by atoms with van der Waals surface area (Å²) in [7, 11) is 2.13. The van der Waals surface area contributed by atoms with Gasteiger partial charge < -0.3 is 4.90 Å². The molecule has 1 aliphatic rings. The van der Waals surface area contributed by atoms with E-state index in [1.807, 2.05) is 0 Å². The van der Waals surface area contributed by atoms with Crippen LogP contribution in [0.15, 0.2) is 0 Å². The van der Waals surface area contributed by atoms with E-state index >= 15 is 0 Å². The van der Waals surface area contributed by atoms with E-state index in [2.05, 4.69) is 22.9 Å². The van der Waals surface area contributed by atoms with Crippen molar-refractivity contribution in [2.24, 2.45) is 0 Å². The van der Waals surface area contributed by atoms with Crippen LogP contribution in [0.3, 0.4) is 0 Å². The van der Waals surface area contributed by atoms with Crippen molar-refractivity contribution >= 4 is 0 Å². The molecule has 0 aliphatic carbocycles. The molecule has 0 amide bonds. The highest BCUT2D eigenvalue weighted by Crippen LogP contribution is 1.99. The highest BCUT2D eigenvalue weighted by atomic mass is 15.2. The summed E-state index contributed by atoms with van der Waals surface area (Å²) < 4.78 is 0. The molecule has 1 rings (SSSR count). The van der Waals surface area contributed by atoms with Crippen molar-refractivity contribution < 1.29 is 0 Å². The summed E-state index contributed by atoms with van der Waals surface area (Å²) in [6.45, 7) is 4.99. The number of nitrogens with zero attached hydrogens (tertiary/aromatic N) is 3. The van der Waals surface area contributed by atoms with Crippen LogP contribution in [0.5, 0.6) is 0 Å². The van der Waals surface area contributed by atoms with Gasteiger partial charge in [-0.2, -0.15) is 5.26 Å². The first-order valence-electron chi connectivity index (χ1n) is 4.11. The first-order chi connectivity index (χ1) is 5.33. The van der Waals surface area contributed by atoms with Gasteiger partial charge in [-0.05, 0) is 20.0 Å². The lowest BCUT2D eigenvalue weighted by Crippen LogP contribution is -2.29. The fourth-order valence-corrected chi connectivity index (χ4v) is 1.36. The van der Waals surface area contributed by atoms with Gasteiger partial charge >= 0.3 is 0 Å². The van der Waals surface area contributed by atoms with Crippen LogP contribution in [-0.4, -0.2) is 49.6 Å². The number of likely N-dealkylation sites (N-methyl/N-ethyl adjacent to an activating group) is 1. The molecule has 0 saturated carbocycles. The van der Waals surface area contributed by atoms with Gasteiger partial charge in [0.25, 0.3) is 0 Å². The average molecular weight is 153 g/mol. The first kappa shape index (κ1) is 8.51. The van der Waals surface area contributed by atoms with E-state index in [0.29, 0.717) is 6.54 Å². The van der Waals surface area contributed by atoms with Crippen molar-refractivity contribution in [3.8, 4) is 6.07 Å². The number of hydrogen-bond acceptors (Lipinski definition) is 3. The Hall–Kier alpha value is -0.590. The van der Waals surface area contributed by atoms with Crippen LogP contribution >= 0.6 is 0 Å². The summed E-state index contributed by atoms with van der Waals surface area (Å²) in [6.07, 6.45) is 1.19. The molecule has 0 N–H and O–H groups in total. The minimum absolute atomic E-state index is 0.591. The molecule has 0 spiro atoms. The lowest BCUT2D eigenvalue weighted by Gasteiger charge is -2.15. The minimum atomic E-state index is 0.591. The zero-order valence-corrected chi connectivity index (χ0v) is 7.08. The van der Waals surface area contributed by atoms with Crippen LogP contribution < -0.4 is 0 Å². The molecule has 0 unspecified atom stereocenters. The molecule has 3 nitrogen and oxygen atoms in total. The first-order valence-corrected chi connectivity index (χ1v) is 4.11. The van der Waals surface area contributed by atoms with E-state index in [1.165, 1.54) is 13.0 Å². The van der Waals surface area contributed by atoms with Crippen LogP contribution in [0.2, 0.25) is 0 Å². The third kappa shape index (κ3) is 2.87. The molecule has 0 atom stereocenters. The average Bonchev–Trinajstić information content (AvgIpc) is 2.17. The van der Waals surface area contributed by atoms with Gasteiger partial charge in [0.05, 0.1) is 12.6 Å². The van der Waals surface area contributed by atoms with E-state index in [4.69, 9.17) is 5.26 Å². The molecule has 3 heteroatoms. The fraction of sp³-hybridized carbons (Fsp3) is 0.875. The maximum absolute atomic E-state index is 8.47. The third-order valence-corrected chi connectivity index (χ3v) is 2.11. The molecule has 0 radical (unpaired) electrons. The number of nitriles is 1. The Labute approximate surface area is 68.2 Å². The maximum Gasteiger partial charge on any atom is 0.0866 e. The zero-order valence-electron chi connectivity index (χ0n) is 7.08. The predicted octanol–water partition coefficient (Wildman–Crippen LogP) is 0.147. The van der Waals surface area contributed by atoms with Gasteiger partial charge in [-0.3, -0.25) is 4.90 Å². The van der Waals surface area contributed by atoms with Crippen LogP contribution in [0.1, 0.15) is 6.42 Å². The van der Waals surface area contributed by atoms with Gasteiger partial charge in [0.2, 0.25) is 0 Å². The van der Waals surface area contributed by atoms with E-state index in [1.54, 1.807) is 0 Å². The van der Waals surface area contributed by atoms with Gasteiger partial charge in [0.1, 0.15) is 0 Å². The van der Waals surface area contributed by atoms with Crippen molar-refractivity contribution in [1.29, 1.82) is 5.26 Å². The normalized spacial score (nSPS) is 22.5. The number of rotatable bonds is 1. The molecule has 0 bridgehead atoms. The maximum atomic E-state index is 8.47. The predicted molar refractivity (Wildman–Crippen MR) is 44.2 cm³/mol. The summed E-state index contributed by atoms with van der Waals surface area (Å²) in [5.41, 5.74) is 0. The van der Waals surface area contributed by atoms with Gasteiger partial charge in [0.15, 0.2) is 0 Å². The summed E-state index contributed by atoms with van der Waals surface area (Å²) in [5, 5.41) is 8.47. The van der Waals surface area contributed by atoms with Crippen molar-refractivity contribution in [2.45, 2.75) is 6.42 Å². The second-order valence-electron chi connectivity index (χ2n) is 3.09. The monoisotopic (exact) mass is 153 g/mol. The topological polar surface area (TPSA) is 30.3 Å². The Balaban J connectivity index is 2.29. The zero-order chi connectivity index (χ0) is 8.10. The molecule has 1 fully saturated rings. The lowest BCUT2D eigenvalue weighted by molar-refractivity contribution is 0.302. The van der Waals surface area contributed by atoms with Crippen LogP contribution in [0.4, 0.5) is 0 Å². The Morgan fingerprint density at radius 2 is 2.09 bits per heavy atom. The fourth-order valence-electron chi connectivity index (χ4n) is 1.36. The molecule has 0 aromatic rings. The second kappa shape index (κ2) is 4.32. The molecule has 62 valence electrons.